The number of carboxylic acids is 1. The van der Waals surface area contributed by atoms with Crippen molar-refractivity contribution in [3.05, 3.63) is 22.3 Å². The van der Waals surface area contributed by atoms with E-state index in [1.54, 1.807) is 6.92 Å². The molecule has 0 rings (SSSR count). The predicted molar refractivity (Wildman–Crippen MR) is 39.8 cm³/mol. The summed E-state index contributed by atoms with van der Waals surface area (Å²) in [5, 5.41) is 20.4. The number of aliphatic carboxylic acids is 1. The molecule has 0 aliphatic heterocycles. The Labute approximate surface area is 69.8 Å². The molecule has 0 spiro atoms. The summed E-state index contributed by atoms with van der Waals surface area (Å²) in [5.41, 5.74) is -0.224. The van der Waals surface area contributed by atoms with E-state index in [1.807, 2.05) is 0 Å². The van der Waals surface area contributed by atoms with Crippen LogP contribution in [-0.4, -0.2) is 16.9 Å². The number of hydrogen-bond acceptors (Lipinski definition) is 4. The van der Waals surface area contributed by atoms with Crippen LogP contribution in [0.25, 0.3) is 0 Å². The molecule has 68 valence electrons. The van der Waals surface area contributed by atoms with E-state index in [1.165, 1.54) is 0 Å². The third kappa shape index (κ3) is 3.14. The van der Waals surface area contributed by atoms with Gasteiger partial charge in [-0.15, -0.1) is 0 Å². The van der Waals surface area contributed by atoms with Crippen LogP contribution in [0.2, 0.25) is 0 Å². The van der Waals surface area contributed by atoms with Crippen LogP contribution in [0, 0.1) is 10.1 Å². The summed E-state index contributed by atoms with van der Waals surface area (Å²) in [6.07, 6.45) is 0.144. The highest BCUT2D eigenvalue weighted by Gasteiger charge is 2.18. The summed E-state index contributed by atoms with van der Waals surface area (Å²) in [6, 6.07) is -0.865. The molecule has 5 heteroatoms. The van der Waals surface area contributed by atoms with Crippen LogP contribution in [0.15, 0.2) is 12.2 Å². The summed E-state index contributed by atoms with van der Waals surface area (Å²) >= 11 is 0. The lowest BCUT2D eigenvalue weighted by atomic mass is 10.1. The van der Waals surface area contributed by atoms with Crippen LogP contribution < -0.4 is 5.11 Å². The van der Waals surface area contributed by atoms with Crippen molar-refractivity contribution in [2.75, 3.05) is 0 Å². The van der Waals surface area contributed by atoms with Gasteiger partial charge in [0, 0.05) is 17.8 Å². The van der Waals surface area contributed by atoms with E-state index in [9.17, 15) is 20.0 Å². The van der Waals surface area contributed by atoms with E-state index in [2.05, 4.69) is 6.58 Å². The molecule has 1 unspecified atom stereocenters. The zero-order valence-electron chi connectivity index (χ0n) is 6.78. The molecule has 0 N–H and O–H groups in total. The molecule has 5 nitrogen and oxygen atoms in total. The summed E-state index contributed by atoms with van der Waals surface area (Å²) < 4.78 is 0. The first-order valence-electron chi connectivity index (χ1n) is 3.51. The van der Waals surface area contributed by atoms with Gasteiger partial charge in [0.25, 0.3) is 0 Å². The van der Waals surface area contributed by atoms with E-state index in [-0.39, 0.29) is 12.0 Å². The maximum absolute atomic E-state index is 10.2. The zero-order chi connectivity index (χ0) is 9.72. The number of rotatable bonds is 5. The molecule has 1 atom stereocenters. The molecule has 0 aromatic rings. The fourth-order valence-electron chi connectivity index (χ4n) is 0.736. The summed E-state index contributed by atoms with van der Waals surface area (Å²) in [5.74, 6) is -1.42. The molecule has 0 bridgehead atoms. The monoisotopic (exact) mass is 172 g/mol. The summed E-state index contributed by atoms with van der Waals surface area (Å²) in [4.78, 5) is 19.9. The standard InChI is InChI=1S/C7H11NO4/c1-3-6(8(11)12)4-5(2)7(9)10/h6H,2-4H2,1H3,(H,9,10)/p-1. The molecule has 0 radical (unpaired) electrons. The highest BCUT2D eigenvalue weighted by Crippen LogP contribution is 2.08. The van der Waals surface area contributed by atoms with Gasteiger partial charge in [0.15, 0.2) is 0 Å². The van der Waals surface area contributed by atoms with Crippen molar-refractivity contribution in [1.82, 2.24) is 0 Å². The summed E-state index contributed by atoms with van der Waals surface area (Å²) in [6.45, 7) is 4.78. The van der Waals surface area contributed by atoms with Crippen LogP contribution in [0.1, 0.15) is 19.8 Å². The second-order valence-corrected chi connectivity index (χ2v) is 2.44. The Balaban J connectivity index is 4.12. The largest absolute Gasteiger partial charge is 0.545 e. The third-order valence-electron chi connectivity index (χ3n) is 1.54. The topological polar surface area (TPSA) is 83.3 Å². The number of carboxylic acid groups (broad SMARTS) is 1. The first-order valence-corrected chi connectivity index (χ1v) is 3.51. The minimum atomic E-state index is -1.42. The normalized spacial score (nSPS) is 12.1. The van der Waals surface area contributed by atoms with Gasteiger partial charge in [0.2, 0.25) is 6.04 Å². The van der Waals surface area contributed by atoms with Crippen LogP contribution in [-0.2, 0) is 4.79 Å². The Kier molecular flexibility index (Phi) is 3.96. The molecule has 0 aliphatic carbocycles. The Hall–Kier alpha value is -1.39. The van der Waals surface area contributed by atoms with Gasteiger partial charge in [-0.05, 0) is 5.57 Å². The number of carbonyl (C=O) groups is 1. The maximum atomic E-state index is 10.2. The van der Waals surface area contributed by atoms with Crippen LogP contribution >= 0.6 is 0 Å². The lowest BCUT2D eigenvalue weighted by molar-refractivity contribution is -0.522. The van der Waals surface area contributed by atoms with Crippen molar-refractivity contribution >= 4 is 5.97 Å². The second-order valence-electron chi connectivity index (χ2n) is 2.44. The van der Waals surface area contributed by atoms with Crippen molar-refractivity contribution < 1.29 is 14.8 Å². The second kappa shape index (κ2) is 4.48. The minimum Gasteiger partial charge on any atom is -0.545 e. The zero-order valence-corrected chi connectivity index (χ0v) is 6.78. The molecule has 0 aromatic carbocycles. The smallest absolute Gasteiger partial charge is 0.216 e. The van der Waals surface area contributed by atoms with Crippen molar-refractivity contribution in [3.8, 4) is 0 Å². The highest BCUT2D eigenvalue weighted by molar-refractivity contribution is 5.83. The minimum absolute atomic E-state index is 0.147. The third-order valence-corrected chi connectivity index (χ3v) is 1.54. The maximum Gasteiger partial charge on any atom is 0.216 e. The van der Waals surface area contributed by atoms with Gasteiger partial charge in [0.1, 0.15) is 0 Å². The SMILES string of the molecule is C=C(CC(CC)[N+](=O)[O-])C(=O)[O-]. The van der Waals surface area contributed by atoms with Crippen molar-refractivity contribution in [2.45, 2.75) is 25.8 Å². The number of nitro groups is 1. The fraction of sp³-hybridized carbons (Fsp3) is 0.571. The van der Waals surface area contributed by atoms with E-state index < -0.39 is 16.9 Å². The van der Waals surface area contributed by atoms with Gasteiger partial charge in [0.05, 0.1) is 5.97 Å². The van der Waals surface area contributed by atoms with Crippen molar-refractivity contribution in [2.24, 2.45) is 0 Å². The molecule has 0 saturated heterocycles. The number of hydrogen-bond donors (Lipinski definition) is 0. The van der Waals surface area contributed by atoms with Gasteiger partial charge < -0.3 is 9.90 Å². The number of carbonyl (C=O) groups excluding carboxylic acids is 1. The van der Waals surface area contributed by atoms with Gasteiger partial charge in [-0.1, -0.05) is 13.5 Å². The van der Waals surface area contributed by atoms with Crippen molar-refractivity contribution in [1.29, 1.82) is 0 Å². The average Bonchev–Trinajstić information content (AvgIpc) is 1.98. The molecular formula is C7H10NO4-. The molecule has 0 aromatic heterocycles. The molecule has 0 amide bonds. The highest BCUT2D eigenvalue weighted by atomic mass is 16.6. The van der Waals surface area contributed by atoms with E-state index in [0.717, 1.165) is 0 Å². The van der Waals surface area contributed by atoms with Crippen molar-refractivity contribution in [3.63, 3.8) is 0 Å². The molecular weight excluding hydrogens is 162 g/mol. The van der Waals surface area contributed by atoms with Crippen LogP contribution in [0.5, 0.6) is 0 Å². The van der Waals surface area contributed by atoms with Gasteiger partial charge in [-0.25, -0.2) is 0 Å². The lowest BCUT2D eigenvalue weighted by Gasteiger charge is -2.09. The Bertz CT molecular complexity index is 211. The van der Waals surface area contributed by atoms with E-state index >= 15 is 0 Å². The van der Waals surface area contributed by atoms with Crippen LogP contribution in [0.3, 0.4) is 0 Å². The molecule has 0 aliphatic rings. The quantitative estimate of drug-likeness (QED) is 0.325. The summed E-state index contributed by atoms with van der Waals surface area (Å²) in [7, 11) is 0. The Morgan fingerprint density at radius 1 is 1.67 bits per heavy atom. The first kappa shape index (κ1) is 10.6. The van der Waals surface area contributed by atoms with Crippen LogP contribution in [0.4, 0.5) is 0 Å². The predicted octanol–water partition coefficient (Wildman–Crippen LogP) is -0.262. The average molecular weight is 172 g/mol. The lowest BCUT2D eigenvalue weighted by Crippen LogP contribution is -2.28. The van der Waals surface area contributed by atoms with E-state index in [0.29, 0.717) is 6.42 Å². The Morgan fingerprint density at radius 2 is 2.17 bits per heavy atom. The molecule has 12 heavy (non-hydrogen) atoms. The number of nitrogens with zero attached hydrogens (tertiary/aromatic N) is 1. The Morgan fingerprint density at radius 3 is 2.42 bits per heavy atom. The van der Waals surface area contributed by atoms with Gasteiger partial charge >= 0.3 is 0 Å². The molecule has 0 fully saturated rings. The molecule has 0 heterocycles. The first-order chi connectivity index (χ1) is 5.49. The molecule has 0 saturated carbocycles. The van der Waals surface area contributed by atoms with Gasteiger partial charge in [-0.2, -0.15) is 0 Å². The van der Waals surface area contributed by atoms with Gasteiger partial charge in [-0.3, -0.25) is 10.1 Å². The van der Waals surface area contributed by atoms with E-state index in [4.69, 9.17) is 0 Å². The fourth-order valence-corrected chi connectivity index (χ4v) is 0.736.